The van der Waals surface area contributed by atoms with Gasteiger partial charge in [0.15, 0.2) is 0 Å². The van der Waals surface area contributed by atoms with Crippen LogP contribution in [-0.2, 0) is 4.79 Å². The zero-order valence-corrected chi connectivity index (χ0v) is 14.6. The van der Waals surface area contributed by atoms with Crippen molar-refractivity contribution in [3.05, 3.63) is 30.3 Å². The normalized spacial score (nSPS) is 29.0. The fourth-order valence-corrected chi connectivity index (χ4v) is 6.21. The molecule has 23 heavy (non-hydrogen) atoms. The second-order valence-electron chi connectivity index (χ2n) is 7.24. The maximum atomic E-state index is 10.5. The van der Waals surface area contributed by atoms with Crippen LogP contribution in [0.15, 0.2) is 35.2 Å². The summed E-state index contributed by atoms with van der Waals surface area (Å²) in [6.45, 7) is 0. The van der Waals surface area contributed by atoms with E-state index in [2.05, 4.69) is 42.1 Å². The topological polar surface area (TPSA) is 37.3 Å². The Morgan fingerprint density at radius 2 is 1.78 bits per heavy atom. The van der Waals surface area contributed by atoms with Gasteiger partial charge in [0.2, 0.25) is 0 Å². The Balaban J connectivity index is 1.46. The molecule has 2 aliphatic rings. The number of hydrogen-bond acceptors (Lipinski definition) is 2. The third kappa shape index (κ3) is 4.53. The van der Waals surface area contributed by atoms with Crippen LogP contribution < -0.4 is 0 Å². The van der Waals surface area contributed by atoms with Crippen molar-refractivity contribution in [2.45, 2.75) is 67.9 Å². The van der Waals surface area contributed by atoms with Gasteiger partial charge < -0.3 is 5.11 Å². The van der Waals surface area contributed by atoms with Crippen LogP contribution in [0.2, 0.25) is 0 Å². The van der Waals surface area contributed by atoms with Crippen molar-refractivity contribution >= 4 is 17.7 Å². The molecule has 0 aromatic heterocycles. The second-order valence-corrected chi connectivity index (χ2v) is 8.49. The molecule has 1 N–H and O–H groups in total. The summed E-state index contributed by atoms with van der Waals surface area (Å²) in [5.41, 5.74) is 0. The highest BCUT2D eigenvalue weighted by atomic mass is 32.2. The van der Waals surface area contributed by atoms with Gasteiger partial charge in [0.25, 0.3) is 0 Å². The van der Waals surface area contributed by atoms with E-state index in [0.717, 1.165) is 35.8 Å². The van der Waals surface area contributed by atoms with Crippen LogP contribution in [0.4, 0.5) is 0 Å². The number of carboxylic acid groups (broad SMARTS) is 1. The lowest BCUT2D eigenvalue weighted by atomic mass is 9.84. The van der Waals surface area contributed by atoms with Gasteiger partial charge >= 0.3 is 5.97 Å². The highest BCUT2D eigenvalue weighted by molar-refractivity contribution is 8.00. The van der Waals surface area contributed by atoms with Crippen molar-refractivity contribution in [3.8, 4) is 0 Å². The van der Waals surface area contributed by atoms with E-state index in [1.807, 2.05) is 0 Å². The largest absolute Gasteiger partial charge is 0.481 e. The molecule has 1 aromatic rings. The molecule has 1 aromatic carbocycles. The fourth-order valence-electron chi connectivity index (χ4n) is 4.61. The first kappa shape index (κ1) is 16.9. The minimum absolute atomic E-state index is 0.334. The fraction of sp³-hybridized carbons (Fsp3) is 0.650. The number of fused-ring (bicyclic) bond motifs is 2. The summed E-state index contributed by atoms with van der Waals surface area (Å²) < 4.78 is 0. The highest BCUT2D eigenvalue weighted by Gasteiger charge is 2.47. The van der Waals surface area contributed by atoms with E-state index in [1.54, 1.807) is 0 Å². The summed E-state index contributed by atoms with van der Waals surface area (Å²) in [5, 5.41) is 9.50. The molecule has 3 rings (SSSR count). The van der Waals surface area contributed by atoms with Gasteiger partial charge in [-0.15, -0.1) is 11.8 Å². The number of carboxylic acids is 1. The zero-order valence-electron chi connectivity index (χ0n) is 13.8. The average molecular weight is 333 g/mol. The first-order valence-corrected chi connectivity index (χ1v) is 10.1. The number of carbonyl (C=O) groups is 1. The van der Waals surface area contributed by atoms with Gasteiger partial charge in [-0.05, 0) is 62.0 Å². The Hall–Kier alpha value is -0.960. The predicted octanol–water partition coefficient (Wildman–Crippen LogP) is 5.62. The van der Waals surface area contributed by atoms with Crippen LogP contribution in [0.25, 0.3) is 0 Å². The van der Waals surface area contributed by atoms with Crippen molar-refractivity contribution < 1.29 is 9.90 Å². The van der Waals surface area contributed by atoms with Crippen LogP contribution in [0, 0.1) is 17.8 Å². The molecule has 2 saturated carbocycles. The molecule has 0 radical (unpaired) electrons. The van der Waals surface area contributed by atoms with E-state index in [9.17, 15) is 4.79 Å². The number of hydrogen-bond donors (Lipinski definition) is 1. The number of aliphatic carboxylic acids is 1. The summed E-state index contributed by atoms with van der Waals surface area (Å²) in [7, 11) is 0. The van der Waals surface area contributed by atoms with E-state index in [1.165, 1.54) is 43.4 Å². The van der Waals surface area contributed by atoms with Crippen LogP contribution in [0.3, 0.4) is 0 Å². The first-order valence-electron chi connectivity index (χ1n) is 9.17. The standard InChI is InChI=1S/C20H28O2S/c21-19(22)11-7-2-1-6-10-18-15-12-13-16(14-15)20(18)23-17-8-4-3-5-9-17/h3-5,8-9,15-16,18,20H,1-2,6-7,10-14H2,(H,21,22)/t15-,16+,18-,20+/m0/s1. The minimum atomic E-state index is -0.655. The molecule has 0 amide bonds. The highest BCUT2D eigenvalue weighted by Crippen LogP contribution is 2.56. The molecule has 0 heterocycles. The molecule has 2 fully saturated rings. The van der Waals surface area contributed by atoms with Crippen molar-refractivity contribution in [1.29, 1.82) is 0 Å². The Labute approximate surface area is 144 Å². The summed E-state index contributed by atoms with van der Waals surface area (Å²) in [6, 6.07) is 10.9. The Morgan fingerprint density at radius 3 is 2.57 bits per heavy atom. The predicted molar refractivity (Wildman–Crippen MR) is 95.7 cm³/mol. The third-order valence-corrected chi connectivity index (χ3v) is 7.25. The quantitative estimate of drug-likeness (QED) is 0.596. The average Bonchev–Trinajstić information content (AvgIpc) is 3.14. The van der Waals surface area contributed by atoms with Gasteiger partial charge in [-0.3, -0.25) is 4.79 Å². The second kappa shape index (κ2) is 8.23. The minimum Gasteiger partial charge on any atom is -0.481 e. The molecule has 0 unspecified atom stereocenters. The molecular formula is C20H28O2S. The maximum absolute atomic E-state index is 10.5. The summed E-state index contributed by atoms with van der Waals surface area (Å²) in [6.07, 6.45) is 10.4. The molecule has 0 saturated heterocycles. The maximum Gasteiger partial charge on any atom is 0.303 e. The van der Waals surface area contributed by atoms with Crippen molar-refractivity contribution in [2.75, 3.05) is 0 Å². The summed E-state index contributed by atoms with van der Waals surface area (Å²) in [5.74, 6) is 2.12. The molecule has 3 heteroatoms. The Bertz CT molecular complexity index is 502. The van der Waals surface area contributed by atoms with E-state index >= 15 is 0 Å². The molecule has 2 bridgehead atoms. The summed E-state index contributed by atoms with van der Waals surface area (Å²) in [4.78, 5) is 12.0. The van der Waals surface area contributed by atoms with Crippen LogP contribution in [0.5, 0.6) is 0 Å². The number of unbranched alkanes of at least 4 members (excludes halogenated alkanes) is 3. The lowest BCUT2D eigenvalue weighted by molar-refractivity contribution is -0.137. The van der Waals surface area contributed by atoms with Gasteiger partial charge in [-0.25, -0.2) is 0 Å². The number of rotatable bonds is 9. The van der Waals surface area contributed by atoms with Gasteiger partial charge in [-0.2, -0.15) is 0 Å². The lowest BCUT2D eigenvalue weighted by Crippen LogP contribution is -2.24. The molecule has 2 nitrogen and oxygen atoms in total. The summed E-state index contributed by atoms with van der Waals surface area (Å²) >= 11 is 2.12. The molecule has 126 valence electrons. The Kier molecular flexibility index (Phi) is 6.04. The monoisotopic (exact) mass is 332 g/mol. The van der Waals surface area contributed by atoms with Gasteiger partial charge in [0.1, 0.15) is 0 Å². The molecule has 0 aliphatic heterocycles. The number of thioether (sulfide) groups is 1. The van der Waals surface area contributed by atoms with E-state index in [4.69, 9.17) is 5.11 Å². The van der Waals surface area contributed by atoms with Gasteiger partial charge in [0, 0.05) is 16.6 Å². The molecule has 2 aliphatic carbocycles. The van der Waals surface area contributed by atoms with Crippen molar-refractivity contribution in [1.82, 2.24) is 0 Å². The number of benzene rings is 1. The SMILES string of the molecule is O=C(O)CCCCCC[C@H]1[C@H]2CC[C@H](C2)[C@H]1Sc1ccccc1. The van der Waals surface area contributed by atoms with Crippen molar-refractivity contribution in [2.24, 2.45) is 17.8 Å². The van der Waals surface area contributed by atoms with Crippen LogP contribution >= 0.6 is 11.8 Å². The third-order valence-electron chi connectivity index (χ3n) is 5.70. The van der Waals surface area contributed by atoms with E-state index < -0.39 is 5.97 Å². The smallest absolute Gasteiger partial charge is 0.303 e. The Morgan fingerprint density at radius 1 is 1.04 bits per heavy atom. The van der Waals surface area contributed by atoms with E-state index in [0.29, 0.717) is 6.42 Å². The van der Waals surface area contributed by atoms with Gasteiger partial charge in [0.05, 0.1) is 0 Å². The lowest BCUT2D eigenvalue weighted by Gasteiger charge is -2.30. The van der Waals surface area contributed by atoms with Gasteiger partial charge in [-0.1, -0.05) is 37.5 Å². The zero-order chi connectivity index (χ0) is 16.1. The van der Waals surface area contributed by atoms with Crippen molar-refractivity contribution in [3.63, 3.8) is 0 Å². The molecule has 4 atom stereocenters. The van der Waals surface area contributed by atoms with E-state index in [-0.39, 0.29) is 0 Å². The van der Waals surface area contributed by atoms with Crippen LogP contribution in [0.1, 0.15) is 57.8 Å². The first-order chi connectivity index (χ1) is 11.2. The van der Waals surface area contributed by atoms with Crippen LogP contribution in [-0.4, -0.2) is 16.3 Å². The molecular weight excluding hydrogens is 304 g/mol. The molecule has 0 spiro atoms.